The van der Waals surface area contributed by atoms with Crippen LogP contribution < -0.4 is 10.6 Å². The van der Waals surface area contributed by atoms with Crippen molar-refractivity contribution in [2.24, 2.45) is 5.92 Å². The number of urea groups is 1. The van der Waals surface area contributed by atoms with Gasteiger partial charge in [-0.15, -0.1) is 0 Å². The Morgan fingerprint density at radius 3 is 3.16 bits per heavy atom. The van der Waals surface area contributed by atoms with Crippen LogP contribution in [0.2, 0.25) is 0 Å². The summed E-state index contributed by atoms with van der Waals surface area (Å²) in [6.45, 7) is 4.97. The number of hydrogen-bond acceptors (Lipinski definition) is 3. The number of nitrogens with one attached hydrogen (secondary N) is 3. The Kier molecular flexibility index (Phi) is 5.20. The van der Waals surface area contributed by atoms with Gasteiger partial charge >= 0.3 is 6.03 Å². The summed E-state index contributed by atoms with van der Waals surface area (Å²) in [5.74, 6) is 0.472. The number of aromatic amines is 1. The number of carbonyl (C=O) groups excluding carboxylic acids is 1. The molecular weight excluding hydrogens is 244 g/mol. The third kappa shape index (κ3) is 4.55. The van der Waals surface area contributed by atoms with Gasteiger partial charge in [0.15, 0.2) is 0 Å². The first kappa shape index (κ1) is 13.9. The summed E-state index contributed by atoms with van der Waals surface area (Å²) in [6, 6.07) is -0.0872. The van der Waals surface area contributed by atoms with Gasteiger partial charge in [-0.05, 0) is 31.7 Å². The van der Waals surface area contributed by atoms with Gasteiger partial charge in [-0.3, -0.25) is 5.10 Å². The van der Waals surface area contributed by atoms with E-state index in [1.54, 1.807) is 0 Å². The zero-order chi connectivity index (χ0) is 13.5. The Morgan fingerprint density at radius 2 is 2.47 bits per heavy atom. The molecule has 2 amide bonds. The van der Waals surface area contributed by atoms with Crippen LogP contribution in [-0.4, -0.2) is 42.5 Å². The third-order valence-corrected chi connectivity index (χ3v) is 3.42. The van der Waals surface area contributed by atoms with Crippen molar-refractivity contribution < 1.29 is 9.53 Å². The number of carbonyl (C=O) groups is 1. The molecule has 1 aromatic rings. The maximum absolute atomic E-state index is 11.5. The lowest BCUT2D eigenvalue weighted by Crippen LogP contribution is -2.38. The lowest BCUT2D eigenvalue weighted by Gasteiger charge is -2.10. The van der Waals surface area contributed by atoms with Crippen LogP contribution in [0.4, 0.5) is 4.79 Å². The number of rotatable bonds is 6. The van der Waals surface area contributed by atoms with E-state index in [2.05, 4.69) is 20.8 Å². The van der Waals surface area contributed by atoms with E-state index in [1.807, 2.05) is 13.1 Å². The average molecular weight is 266 g/mol. The minimum Gasteiger partial charge on any atom is -0.381 e. The van der Waals surface area contributed by atoms with Crippen molar-refractivity contribution in [3.8, 4) is 0 Å². The molecule has 0 aromatic carbocycles. The van der Waals surface area contributed by atoms with Crippen LogP contribution >= 0.6 is 0 Å². The van der Waals surface area contributed by atoms with Gasteiger partial charge in [0.1, 0.15) is 0 Å². The summed E-state index contributed by atoms with van der Waals surface area (Å²) < 4.78 is 5.26. The van der Waals surface area contributed by atoms with Gasteiger partial charge in [0.05, 0.1) is 12.8 Å². The molecular formula is C13H22N4O2. The molecule has 2 heterocycles. The van der Waals surface area contributed by atoms with Crippen molar-refractivity contribution in [3.63, 3.8) is 0 Å². The lowest BCUT2D eigenvalue weighted by atomic mass is 10.1. The molecule has 6 nitrogen and oxygen atoms in total. The van der Waals surface area contributed by atoms with Crippen LogP contribution in [0.3, 0.4) is 0 Å². The summed E-state index contributed by atoms with van der Waals surface area (Å²) in [5, 5.41) is 12.6. The van der Waals surface area contributed by atoms with Crippen molar-refractivity contribution in [3.05, 3.63) is 17.5 Å². The zero-order valence-corrected chi connectivity index (χ0v) is 11.4. The number of H-pyrrole nitrogens is 1. The van der Waals surface area contributed by atoms with Gasteiger partial charge in [0.2, 0.25) is 0 Å². The third-order valence-electron chi connectivity index (χ3n) is 3.42. The molecule has 0 saturated carbocycles. The maximum Gasteiger partial charge on any atom is 0.314 e. The number of ether oxygens (including phenoxy) is 1. The highest BCUT2D eigenvalue weighted by Crippen LogP contribution is 2.10. The summed E-state index contributed by atoms with van der Waals surface area (Å²) in [6.07, 6.45) is 4.73. The molecule has 1 aliphatic heterocycles. The minimum atomic E-state index is -0.0872. The van der Waals surface area contributed by atoms with E-state index in [4.69, 9.17) is 4.74 Å². The Bertz CT molecular complexity index is 399. The van der Waals surface area contributed by atoms with Crippen LogP contribution in [0.1, 0.15) is 24.1 Å². The van der Waals surface area contributed by atoms with Crippen molar-refractivity contribution in [2.75, 3.05) is 26.3 Å². The van der Waals surface area contributed by atoms with Gasteiger partial charge in [0, 0.05) is 31.3 Å². The topological polar surface area (TPSA) is 79.0 Å². The summed E-state index contributed by atoms with van der Waals surface area (Å²) in [4.78, 5) is 11.5. The first-order valence-corrected chi connectivity index (χ1v) is 6.84. The SMILES string of the molecule is Cc1[nH]ncc1CCCNC(=O)NCC1CCOC1. The minimum absolute atomic E-state index is 0.0872. The molecule has 1 fully saturated rings. The molecule has 1 unspecified atom stereocenters. The lowest BCUT2D eigenvalue weighted by molar-refractivity contribution is 0.185. The van der Waals surface area contributed by atoms with E-state index in [0.29, 0.717) is 19.0 Å². The highest BCUT2D eigenvalue weighted by Gasteiger charge is 2.15. The van der Waals surface area contributed by atoms with E-state index in [1.165, 1.54) is 5.56 Å². The molecule has 6 heteroatoms. The van der Waals surface area contributed by atoms with Crippen molar-refractivity contribution >= 4 is 6.03 Å². The smallest absolute Gasteiger partial charge is 0.314 e. The summed E-state index contributed by atoms with van der Waals surface area (Å²) in [5.41, 5.74) is 2.32. The number of aromatic nitrogens is 2. The van der Waals surface area contributed by atoms with E-state index < -0.39 is 0 Å². The fraction of sp³-hybridized carbons (Fsp3) is 0.692. The molecule has 0 bridgehead atoms. The fourth-order valence-corrected chi connectivity index (χ4v) is 2.15. The van der Waals surface area contributed by atoms with Crippen molar-refractivity contribution in [1.29, 1.82) is 0 Å². The van der Waals surface area contributed by atoms with Gasteiger partial charge in [-0.1, -0.05) is 0 Å². The van der Waals surface area contributed by atoms with Gasteiger partial charge in [-0.2, -0.15) is 5.10 Å². The van der Waals surface area contributed by atoms with E-state index in [0.717, 1.165) is 38.2 Å². The molecule has 1 aliphatic rings. The Morgan fingerprint density at radius 1 is 1.58 bits per heavy atom. The molecule has 3 N–H and O–H groups in total. The molecule has 1 atom stereocenters. The second-order valence-corrected chi connectivity index (χ2v) is 4.99. The van der Waals surface area contributed by atoms with E-state index >= 15 is 0 Å². The van der Waals surface area contributed by atoms with E-state index in [9.17, 15) is 4.79 Å². The standard InChI is InChI=1S/C13H22N4O2/c1-10-12(8-16-17-10)3-2-5-14-13(18)15-7-11-4-6-19-9-11/h8,11H,2-7,9H2,1H3,(H,16,17)(H2,14,15,18). The number of amides is 2. The molecule has 1 aromatic heterocycles. The van der Waals surface area contributed by atoms with Crippen LogP contribution in [0, 0.1) is 12.8 Å². The quantitative estimate of drug-likeness (QED) is 0.672. The highest BCUT2D eigenvalue weighted by molar-refractivity contribution is 5.73. The van der Waals surface area contributed by atoms with Crippen molar-refractivity contribution in [2.45, 2.75) is 26.2 Å². The number of hydrogen-bond donors (Lipinski definition) is 3. The molecule has 106 valence electrons. The second-order valence-electron chi connectivity index (χ2n) is 4.99. The largest absolute Gasteiger partial charge is 0.381 e. The van der Waals surface area contributed by atoms with Gasteiger partial charge < -0.3 is 15.4 Å². The monoisotopic (exact) mass is 266 g/mol. The molecule has 0 spiro atoms. The molecule has 0 aliphatic carbocycles. The second kappa shape index (κ2) is 7.13. The Hall–Kier alpha value is -1.56. The molecule has 0 radical (unpaired) electrons. The first-order valence-electron chi connectivity index (χ1n) is 6.84. The highest BCUT2D eigenvalue weighted by atomic mass is 16.5. The maximum atomic E-state index is 11.5. The van der Waals surface area contributed by atoms with Crippen LogP contribution in [-0.2, 0) is 11.2 Å². The summed E-state index contributed by atoms with van der Waals surface area (Å²) >= 11 is 0. The Labute approximate surface area is 113 Å². The fourth-order valence-electron chi connectivity index (χ4n) is 2.15. The average Bonchev–Trinajstić information content (AvgIpc) is 3.04. The zero-order valence-electron chi connectivity index (χ0n) is 11.4. The first-order chi connectivity index (χ1) is 9.25. The number of nitrogens with zero attached hydrogens (tertiary/aromatic N) is 1. The summed E-state index contributed by atoms with van der Waals surface area (Å²) in [7, 11) is 0. The van der Waals surface area contributed by atoms with Gasteiger partial charge in [0.25, 0.3) is 0 Å². The normalized spacial score (nSPS) is 18.5. The van der Waals surface area contributed by atoms with Gasteiger partial charge in [-0.25, -0.2) is 4.79 Å². The Balaban J connectivity index is 1.52. The number of aryl methyl sites for hydroxylation is 2. The molecule has 2 rings (SSSR count). The predicted octanol–water partition coefficient (Wildman–Crippen LogP) is 0.986. The van der Waals surface area contributed by atoms with Crippen LogP contribution in [0.15, 0.2) is 6.20 Å². The van der Waals surface area contributed by atoms with E-state index in [-0.39, 0.29) is 6.03 Å². The van der Waals surface area contributed by atoms with Crippen LogP contribution in [0.5, 0.6) is 0 Å². The molecule has 1 saturated heterocycles. The molecule has 19 heavy (non-hydrogen) atoms. The predicted molar refractivity (Wildman–Crippen MR) is 72.0 cm³/mol. The van der Waals surface area contributed by atoms with Crippen LogP contribution in [0.25, 0.3) is 0 Å². The van der Waals surface area contributed by atoms with Crippen molar-refractivity contribution in [1.82, 2.24) is 20.8 Å².